The van der Waals surface area contributed by atoms with Crippen molar-refractivity contribution in [2.24, 2.45) is 0 Å². The number of rotatable bonds is 4. The van der Waals surface area contributed by atoms with Crippen LogP contribution in [-0.4, -0.2) is 29.7 Å². The van der Waals surface area contributed by atoms with Crippen LogP contribution in [0.15, 0.2) is 24.3 Å². The summed E-state index contributed by atoms with van der Waals surface area (Å²) in [5.41, 5.74) is 1.36. The molecule has 1 aromatic rings. The molecule has 1 aliphatic rings. The molecule has 1 amide bonds. The van der Waals surface area contributed by atoms with E-state index in [4.69, 9.17) is 9.84 Å². The summed E-state index contributed by atoms with van der Waals surface area (Å²) in [6.45, 7) is 0.635. The molecule has 0 aromatic heterocycles. The summed E-state index contributed by atoms with van der Waals surface area (Å²) in [6.07, 6.45) is 1.29. The summed E-state index contributed by atoms with van der Waals surface area (Å²) >= 11 is 0. The van der Waals surface area contributed by atoms with Gasteiger partial charge in [-0.2, -0.15) is 0 Å². The van der Waals surface area contributed by atoms with Crippen LogP contribution in [0.25, 0.3) is 0 Å². The minimum absolute atomic E-state index is 0.0139. The van der Waals surface area contributed by atoms with Crippen molar-refractivity contribution >= 4 is 17.6 Å². The zero-order chi connectivity index (χ0) is 13.0. The SMILES string of the molecule is O=C(O)Cc1ccc(NC(=O)C2CCCO2)cc1. The highest BCUT2D eigenvalue weighted by atomic mass is 16.5. The number of benzene rings is 1. The van der Waals surface area contributed by atoms with E-state index in [2.05, 4.69) is 5.32 Å². The lowest BCUT2D eigenvalue weighted by Gasteiger charge is -2.10. The maximum absolute atomic E-state index is 11.7. The Balaban J connectivity index is 1.93. The molecule has 96 valence electrons. The Hall–Kier alpha value is -1.88. The second kappa shape index (κ2) is 5.64. The summed E-state index contributed by atoms with van der Waals surface area (Å²) < 4.78 is 5.27. The topological polar surface area (TPSA) is 75.6 Å². The minimum Gasteiger partial charge on any atom is -0.481 e. The summed E-state index contributed by atoms with van der Waals surface area (Å²) in [4.78, 5) is 22.3. The highest BCUT2D eigenvalue weighted by Crippen LogP contribution is 2.15. The van der Waals surface area contributed by atoms with E-state index in [1.165, 1.54) is 0 Å². The van der Waals surface area contributed by atoms with Crippen molar-refractivity contribution in [3.8, 4) is 0 Å². The zero-order valence-electron chi connectivity index (χ0n) is 9.89. The second-order valence-electron chi connectivity index (χ2n) is 4.26. The fourth-order valence-electron chi connectivity index (χ4n) is 1.89. The van der Waals surface area contributed by atoms with Crippen LogP contribution in [0, 0.1) is 0 Å². The third kappa shape index (κ3) is 3.30. The van der Waals surface area contributed by atoms with E-state index in [0.717, 1.165) is 12.8 Å². The Labute approximate surface area is 105 Å². The molecule has 18 heavy (non-hydrogen) atoms. The van der Waals surface area contributed by atoms with Gasteiger partial charge in [0.25, 0.3) is 5.91 Å². The van der Waals surface area contributed by atoms with E-state index >= 15 is 0 Å². The first-order chi connectivity index (χ1) is 8.65. The number of carbonyl (C=O) groups excluding carboxylic acids is 1. The van der Waals surface area contributed by atoms with Gasteiger partial charge < -0.3 is 15.2 Å². The predicted molar refractivity (Wildman–Crippen MR) is 65.4 cm³/mol. The van der Waals surface area contributed by atoms with E-state index in [1.807, 2.05) is 0 Å². The summed E-state index contributed by atoms with van der Waals surface area (Å²) in [5.74, 6) is -1.01. The standard InChI is InChI=1S/C13H15NO4/c15-12(16)8-9-3-5-10(6-4-9)14-13(17)11-2-1-7-18-11/h3-6,11H,1-2,7-8H2,(H,14,17)(H,15,16). The van der Waals surface area contributed by atoms with E-state index in [0.29, 0.717) is 17.9 Å². The van der Waals surface area contributed by atoms with Gasteiger partial charge in [-0.05, 0) is 30.5 Å². The molecule has 0 saturated carbocycles. The average Bonchev–Trinajstić information content (AvgIpc) is 2.84. The first-order valence-electron chi connectivity index (χ1n) is 5.88. The van der Waals surface area contributed by atoms with Crippen LogP contribution in [0.5, 0.6) is 0 Å². The van der Waals surface area contributed by atoms with Gasteiger partial charge >= 0.3 is 5.97 Å². The molecule has 1 atom stereocenters. The molecule has 0 bridgehead atoms. The number of hydrogen-bond acceptors (Lipinski definition) is 3. The number of hydrogen-bond donors (Lipinski definition) is 2. The molecule has 5 heteroatoms. The van der Waals surface area contributed by atoms with E-state index in [9.17, 15) is 9.59 Å². The van der Waals surface area contributed by atoms with Crippen molar-refractivity contribution in [3.63, 3.8) is 0 Å². The van der Waals surface area contributed by atoms with Gasteiger partial charge in [-0.15, -0.1) is 0 Å². The van der Waals surface area contributed by atoms with E-state index in [-0.39, 0.29) is 18.4 Å². The molecule has 1 aliphatic heterocycles. The molecule has 1 unspecified atom stereocenters. The lowest BCUT2D eigenvalue weighted by Crippen LogP contribution is -2.26. The molecule has 1 aromatic carbocycles. The highest BCUT2D eigenvalue weighted by Gasteiger charge is 2.23. The Kier molecular flexibility index (Phi) is 3.94. The third-order valence-electron chi connectivity index (χ3n) is 2.80. The quantitative estimate of drug-likeness (QED) is 0.846. The van der Waals surface area contributed by atoms with Crippen LogP contribution in [0.2, 0.25) is 0 Å². The van der Waals surface area contributed by atoms with Crippen molar-refractivity contribution < 1.29 is 19.4 Å². The van der Waals surface area contributed by atoms with Crippen molar-refractivity contribution in [2.75, 3.05) is 11.9 Å². The van der Waals surface area contributed by atoms with Crippen LogP contribution in [-0.2, 0) is 20.7 Å². The Morgan fingerprint density at radius 2 is 2.06 bits per heavy atom. The summed E-state index contributed by atoms with van der Waals surface area (Å²) in [7, 11) is 0. The lowest BCUT2D eigenvalue weighted by molar-refractivity contribution is -0.136. The molecule has 2 N–H and O–H groups in total. The molecular formula is C13H15NO4. The molecule has 0 spiro atoms. The maximum Gasteiger partial charge on any atom is 0.307 e. The van der Waals surface area contributed by atoms with Crippen LogP contribution in [0.4, 0.5) is 5.69 Å². The number of ether oxygens (including phenoxy) is 1. The minimum atomic E-state index is -0.869. The number of aliphatic carboxylic acids is 1. The normalized spacial score (nSPS) is 18.6. The molecule has 1 fully saturated rings. The van der Waals surface area contributed by atoms with E-state index < -0.39 is 5.97 Å². The fraction of sp³-hybridized carbons (Fsp3) is 0.385. The van der Waals surface area contributed by atoms with Gasteiger partial charge in [0.1, 0.15) is 6.10 Å². The van der Waals surface area contributed by atoms with Crippen molar-refractivity contribution in [3.05, 3.63) is 29.8 Å². The Bertz CT molecular complexity index is 435. The largest absolute Gasteiger partial charge is 0.481 e. The smallest absolute Gasteiger partial charge is 0.307 e. The highest BCUT2D eigenvalue weighted by molar-refractivity contribution is 5.94. The fourth-order valence-corrected chi connectivity index (χ4v) is 1.89. The van der Waals surface area contributed by atoms with E-state index in [1.54, 1.807) is 24.3 Å². The van der Waals surface area contributed by atoms with Gasteiger partial charge in [-0.1, -0.05) is 12.1 Å². The third-order valence-corrected chi connectivity index (χ3v) is 2.80. The zero-order valence-corrected chi connectivity index (χ0v) is 9.89. The summed E-state index contributed by atoms with van der Waals surface area (Å²) in [6, 6.07) is 6.79. The number of amides is 1. The molecule has 0 radical (unpaired) electrons. The first kappa shape index (κ1) is 12.6. The van der Waals surface area contributed by atoms with Gasteiger partial charge in [0, 0.05) is 12.3 Å². The van der Waals surface area contributed by atoms with Crippen LogP contribution in [0.3, 0.4) is 0 Å². The molecule has 0 aliphatic carbocycles. The number of anilines is 1. The monoisotopic (exact) mass is 249 g/mol. The molecule has 1 saturated heterocycles. The Morgan fingerprint density at radius 1 is 1.33 bits per heavy atom. The lowest BCUT2D eigenvalue weighted by atomic mass is 10.1. The van der Waals surface area contributed by atoms with Crippen LogP contribution >= 0.6 is 0 Å². The molecular weight excluding hydrogens is 234 g/mol. The summed E-state index contributed by atoms with van der Waals surface area (Å²) in [5, 5.41) is 11.4. The van der Waals surface area contributed by atoms with Gasteiger partial charge in [0.2, 0.25) is 0 Å². The molecule has 2 rings (SSSR count). The number of carboxylic acids is 1. The van der Waals surface area contributed by atoms with Crippen LogP contribution in [0.1, 0.15) is 18.4 Å². The van der Waals surface area contributed by atoms with Crippen molar-refractivity contribution in [1.29, 1.82) is 0 Å². The van der Waals surface area contributed by atoms with Crippen molar-refractivity contribution in [1.82, 2.24) is 0 Å². The van der Waals surface area contributed by atoms with Gasteiger partial charge in [-0.3, -0.25) is 9.59 Å². The average molecular weight is 249 g/mol. The first-order valence-corrected chi connectivity index (χ1v) is 5.88. The predicted octanol–water partition coefficient (Wildman–Crippen LogP) is 1.43. The number of nitrogens with one attached hydrogen (secondary N) is 1. The van der Waals surface area contributed by atoms with Crippen LogP contribution < -0.4 is 5.32 Å². The van der Waals surface area contributed by atoms with Gasteiger partial charge in [0.15, 0.2) is 0 Å². The number of carboxylic acid groups (broad SMARTS) is 1. The maximum atomic E-state index is 11.7. The Morgan fingerprint density at radius 3 is 2.61 bits per heavy atom. The molecule has 1 heterocycles. The number of carbonyl (C=O) groups is 2. The molecule has 5 nitrogen and oxygen atoms in total. The van der Waals surface area contributed by atoms with Crippen molar-refractivity contribution in [2.45, 2.75) is 25.4 Å². The second-order valence-corrected chi connectivity index (χ2v) is 4.26. The van der Waals surface area contributed by atoms with Gasteiger partial charge in [-0.25, -0.2) is 0 Å². The van der Waals surface area contributed by atoms with Gasteiger partial charge in [0.05, 0.1) is 6.42 Å².